The number of carbonyl (C=O) groups is 1. The fourth-order valence-corrected chi connectivity index (χ4v) is 2.44. The fraction of sp³-hybridized carbons (Fsp3) is 0.154. The van der Waals surface area contributed by atoms with E-state index in [4.69, 9.17) is 0 Å². The highest BCUT2D eigenvalue weighted by atomic mass is 32.1. The molecule has 0 saturated carbocycles. The minimum Gasteiger partial charge on any atom is -0.352 e. The van der Waals surface area contributed by atoms with Gasteiger partial charge in [-0.3, -0.25) is 4.79 Å². The lowest BCUT2D eigenvalue weighted by atomic mass is 10.2. The van der Waals surface area contributed by atoms with Gasteiger partial charge in [-0.05, 0) is 18.2 Å². The van der Waals surface area contributed by atoms with E-state index in [0.717, 1.165) is 23.1 Å². The van der Waals surface area contributed by atoms with Gasteiger partial charge in [0.25, 0.3) is 5.91 Å². The second kappa shape index (κ2) is 5.19. The summed E-state index contributed by atoms with van der Waals surface area (Å²) >= 11 is 1.56. The highest BCUT2D eigenvalue weighted by Gasteiger charge is 2.07. The van der Waals surface area contributed by atoms with Crippen LogP contribution in [-0.4, -0.2) is 27.4 Å². The zero-order valence-corrected chi connectivity index (χ0v) is 10.9. The first kappa shape index (κ1) is 11.9. The number of thiazole rings is 1. The third kappa shape index (κ3) is 2.63. The molecule has 0 bridgehead atoms. The van der Waals surface area contributed by atoms with Gasteiger partial charge < -0.3 is 10.3 Å². The number of amides is 1. The Balaban J connectivity index is 1.63. The van der Waals surface area contributed by atoms with Crippen LogP contribution < -0.4 is 5.32 Å². The molecule has 3 aromatic rings. The molecule has 1 aromatic carbocycles. The molecule has 3 rings (SSSR count). The Morgan fingerprint density at radius 1 is 1.37 bits per heavy atom. The molecule has 0 aliphatic heterocycles. The van der Waals surface area contributed by atoms with Gasteiger partial charge >= 0.3 is 0 Å². The van der Waals surface area contributed by atoms with E-state index in [1.54, 1.807) is 35.3 Å². The number of nitrogens with one attached hydrogen (secondary N) is 2. The van der Waals surface area contributed by atoms with Crippen LogP contribution in [0.15, 0.2) is 35.4 Å². The van der Waals surface area contributed by atoms with Gasteiger partial charge in [0.15, 0.2) is 0 Å². The van der Waals surface area contributed by atoms with E-state index in [1.165, 1.54) is 0 Å². The molecule has 0 aliphatic rings. The number of benzene rings is 1. The van der Waals surface area contributed by atoms with Crippen molar-refractivity contribution in [3.63, 3.8) is 0 Å². The molecule has 2 N–H and O–H groups in total. The maximum Gasteiger partial charge on any atom is 0.251 e. The van der Waals surface area contributed by atoms with E-state index in [9.17, 15) is 4.79 Å². The smallest absolute Gasteiger partial charge is 0.251 e. The van der Waals surface area contributed by atoms with E-state index in [1.807, 2.05) is 11.4 Å². The van der Waals surface area contributed by atoms with Crippen LogP contribution in [0.2, 0.25) is 0 Å². The molecular formula is C13H12N4OS. The number of rotatable bonds is 4. The highest BCUT2D eigenvalue weighted by molar-refractivity contribution is 7.07. The number of hydrogen-bond acceptors (Lipinski definition) is 4. The van der Waals surface area contributed by atoms with Crippen LogP contribution in [0.1, 0.15) is 16.1 Å². The molecule has 0 atom stereocenters. The van der Waals surface area contributed by atoms with Crippen LogP contribution in [0, 0.1) is 0 Å². The van der Waals surface area contributed by atoms with Crippen molar-refractivity contribution in [1.29, 1.82) is 0 Å². The highest BCUT2D eigenvalue weighted by Crippen LogP contribution is 2.11. The molecule has 2 aromatic heterocycles. The first-order valence-electron chi connectivity index (χ1n) is 5.91. The number of aromatic nitrogens is 3. The number of imidazole rings is 1. The van der Waals surface area contributed by atoms with Crippen LogP contribution in [0.5, 0.6) is 0 Å². The molecule has 19 heavy (non-hydrogen) atoms. The Kier molecular flexibility index (Phi) is 3.24. The molecule has 0 fully saturated rings. The monoisotopic (exact) mass is 272 g/mol. The first-order valence-corrected chi connectivity index (χ1v) is 6.85. The number of carbonyl (C=O) groups excluding carboxylic acids is 1. The molecule has 0 aliphatic carbocycles. The van der Waals surface area contributed by atoms with Crippen molar-refractivity contribution in [2.24, 2.45) is 0 Å². The van der Waals surface area contributed by atoms with Gasteiger partial charge in [-0.1, -0.05) is 0 Å². The van der Waals surface area contributed by atoms with Crippen molar-refractivity contribution in [1.82, 2.24) is 20.3 Å². The molecule has 96 valence electrons. The first-order chi connectivity index (χ1) is 9.33. The fourth-order valence-electron chi connectivity index (χ4n) is 1.84. The zero-order valence-electron chi connectivity index (χ0n) is 10.1. The minimum absolute atomic E-state index is 0.0771. The summed E-state index contributed by atoms with van der Waals surface area (Å²) in [6, 6.07) is 5.42. The SMILES string of the molecule is O=C(NCCc1cscn1)c1ccc2nc[nH]c2c1. The van der Waals surface area contributed by atoms with Crippen molar-refractivity contribution in [3.05, 3.63) is 46.7 Å². The number of nitrogens with zero attached hydrogens (tertiary/aromatic N) is 2. The Bertz CT molecular complexity index is 690. The zero-order chi connectivity index (χ0) is 13.1. The normalized spacial score (nSPS) is 10.7. The number of fused-ring (bicyclic) bond motifs is 1. The Morgan fingerprint density at radius 2 is 2.32 bits per heavy atom. The summed E-state index contributed by atoms with van der Waals surface area (Å²) in [5, 5.41) is 4.87. The maximum atomic E-state index is 12.0. The number of hydrogen-bond donors (Lipinski definition) is 2. The van der Waals surface area contributed by atoms with Gasteiger partial charge in [0.1, 0.15) is 0 Å². The molecule has 0 radical (unpaired) electrons. The third-order valence-corrected chi connectivity index (χ3v) is 3.47. The van der Waals surface area contributed by atoms with Crippen molar-refractivity contribution >= 4 is 28.3 Å². The summed E-state index contributed by atoms with van der Waals surface area (Å²) in [5.41, 5.74) is 5.17. The standard InChI is InChI=1S/C13H12N4OS/c18-13(14-4-3-10-6-19-8-17-10)9-1-2-11-12(5-9)16-7-15-11/h1-2,5-8H,3-4H2,(H,14,18)(H,15,16). The average molecular weight is 272 g/mol. The molecule has 0 saturated heterocycles. The van der Waals surface area contributed by atoms with E-state index < -0.39 is 0 Å². The average Bonchev–Trinajstić information content (AvgIpc) is 3.08. The van der Waals surface area contributed by atoms with E-state index >= 15 is 0 Å². The predicted molar refractivity (Wildman–Crippen MR) is 74.2 cm³/mol. The third-order valence-electron chi connectivity index (χ3n) is 2.83. The van der Waals surface area contributed by atoms with Crippen molar-refractivity contribution < 1.29 is 4.79 Å². The summed E-state index contributed by atoms with van der Waals surface area (Å²) in [7, 11) is 0. The van der Waals surface area contributed by atoms with Crippen molar-refractivity contribution in [2.75, 3.05) is 6.54 Å². The predicted octanol–water partition coefficient (Wildman–Crippen LogP) is 1.99. The van der Waals surface area contributed by atoms with Crippen LogP contribution in [0.25, 0.3) is 11.0 Å². The Hall–Kier alpha value is -2.21. The number of H-pyrrole nitrogens is 1. The van der Waals surface area contributed by atoms with Gasteiger partial charge in [-0.2, -0.15) is 0 Å². The van der Waals surface area contributed by atoms with E-state index in [0.29, 0.717) is 12.1 Å². The molecule has 6 heteroatoms. The maximum absolute atomic E-state index is 12.0. The summed E-state index contributed by atoms with van der Waals surface area (Å²) in [4.78, 5) is 23.3. The summed E-state index contributed by atoms with van der Waals surface area (Å²) in [6.45, 7) is 0.587. The van der Waals surface area contributed by atoms with E-state index in [2.05, 4.69) is 20.3 Å². The molecule has 5 nitrogen and oxygen atoms in total. The van der Waals surface area contributed by atoms with Gasteiger partial charge in [0, 0.05) is 23.9 Å². The lowest BCUT2D eigenvalue weighted by Gasteiger charge is -2.04. The lowest BCUT2D eigenvalue weighted by Crippen LogP contribution is -2.25. The topological polar surface area (TPSA) is 70.7 Å². The second-order valence-corrected chi connectivity index (χ2v) is 4.84. The molecule has 1 amide bonds. The summed E-state index contributed by atoms with van der Waals surface area (Å²) in [6.07, 6.45) is 2.37. The van der Waals surface area contributed by atoms with Crippen molar-refractivity contribution in [3.8, 4) is 0 Å². The van der Waals surface area contributed by atoms with Crippen LogP contribution in [-0.2, 0) is 6.42 Å². The van der Waals surface area contributed by atoms with Gasteiger partial charge in [-0.25, -0.2) is 9.97 Å². The van der Waals surface area contributed by atoms with Gasteiger partial charge in [0.2, 0.25) is 0 Å². The molecule has 2 heterocycles. The quantitative estimate of drug-likeness (QED) is 0.763. The number of aromatic amines is 1. The van der Waals surface area contributed by atoms with Gasteiger partial charge in [-0.15, -0.1) is 11.3 Å². The lowest BCUT2D eigenvalue weighted by molar-refractivity contribution is 0.0954. The molecular weight excluding hydrogens is 260 g/mol. The van der Waals surface area contributed by atoms with Crippen LogP contribution in [0.4, 0.5) is 0 Å². The van der Waals surface area contributed by atoms with Gasteiger partial charge in [0.05, 0.1) is 28.6 Å². The minimum atomic E-state index is -0.0771. The molecule has 0 unspecified atom stereocenters. The largest absolute Gasteiger partial charge is 0.352 e. The van der Waals surface area contributed by atoms with Crippen LogP contribution in [0.3, 0.4) is 0 Å². The molecule has 0 spiro atoms. The Morgan fingerprint density at radius 3 is 3.16 bits per heavy atom. The van der Waals surface area contributed by atoms with E-state index in [-0.39, 0.29) is 5.91 Å². The van der Waals surface area contributed by atoms with Crippen LogP contribution >= 0.6 is 11.3 Å². The summed E-state index contributed by atoms with van der Waals surface area (Å²) < 4.78 is 0. The second-order valence-electron chi connectivity index (χ2n) is 4.12. The van der Waals surface area contributed by atoms with Crippen molar-refractivity contribution in [2.45, 2.75) is 6.42 Å². The Labute approximate surface area is 113 Å². The summed E-state index contributed by atoms with van der Waals surface area (Å²) in [5.74, 6) is -0.0771.